The lowest BCUT2D eigenvalue weighted by atomic mass is 10.1. The number of aromatic nitrogens is 1. The van der Waals surface area contributed by atoms with Crippen molar-refractivity contribution < 1.29 is 22.4 Å². The molecule has 1 aromatic heterocycles. The molecule has 150 valence electrons. The number of amides is 1. The number of hydrogen-bond acceptors (Lipinski definition) is 3. The van der Waals surface area contributed by atoms with Crippen LogP contribution in [0.25, 0.3) is 5.73 Å². The third kappa shape index (κ3) is 4.36. The molecule has 1 unspecified atom stereocenters. The predicted molar refractivity (Wildman–Crippen MR) is 96.8 cm³/mol. The quantitative estimate of drug-likeness (QED) is 0.642. The predicted octanol–water partition coefficient (Wildman–Crippen LogP) is 5.40. The summed E-state index contributed by atoms with van der Waals surface area (Å²) in [4.78, 5) is 15.8. The second-order valence-corrected chi connectivity index (χ2v) is 7.12. The van der Waals surface area contributed by atoms with Crippen molar-refractivity contribution in [3.63, 3.8) is 0 Å². The van der Waals surface area contributed by atoms with E-state index in [1.807, 2.05) is 0 Å². The molecule has 0 aliphatic heterocycles. The van der Waals surface area contributed by atoms with E-state index in [4.69, 9.17) is 17.3 Å². The molecule has 5 nitrogen and oxygen atoms in total. The highest BCUT2D eigenvalue weighted by molar-refractivity contribution is 6.30. The van der Waals surface area contributed by atoms with Crippen LogP contribution in [0.5, 0.6) is 0 Å². The number of anilines is 2. The van der Waals surface area contributed by atoms with Gasteiger partial charge in [0.15, 0.2) is 0 Å². The zero-order chi connectivity index (χ0) is 20.7. The number of halogens is 5. The molecule has 1 atom stereocenters. The van der Waals surface area contributed by atoms with E-state index >= 15 is 0 Å². The van der Waals surface area contributed by atoms with Gasteiger partial charge in [0.1, 0.15) is 5.82 Å². The van der Waals surface area contributed by atoms with Crippen LogP contribution >= 0.6 is 11.6 Å². The zero-order valence-electron chi connectivity index (χ0n) is 14.6. The maximum absolute atomic E-state index is 14.4. The van der Waals surface area contributed by atoms with Gasteiger partial charge in [-0.1, -0.05) is 24.4 Å². The molecule has 0 radical (unpaired) electrons. The molecule has 2 aromatic rings. The molecule has 0 spiro atoms. The van der Waals surface area contributed by atoms with Gasteiger partial charge in [0.2, 0.25) is 5.91 Å². The van der Waals surface area contributed by atoms with Crippen LogP contribution in [-0.2, 0) is 11.0 Å². The molecule has 1 aromatic carbocycles. The lowest BCUT2D eigenvalue weighted by Crippen LogP contribution is -2.36. The lowest BCUT2D eigenvalue weighted by Gasteiger charge is -2.22. The fraction of sp³-hybridized carbons (Fsp3) is 0.333. The van der Waals surface area contributed by atoms with E-state index in [0.717, 1.165) is 18.2 Å². The Balaban J connectivity index is 1.79. The van der Waals surface area contributed by atoms with Gasteiger partial charge in [-0.05, 0) is 30.7 Å². The molecule has 1 amide bonds. The van der Waals surface area contributed by atoms with E-state index in [0.29, 0.717) is 12.8 Å². The van der Waals surface area contributed by atoms with E-state index in [1.54, 1.807) is 0 Å². The molecule has 3 N–H and O–H groups in total. The summed E-state index contributed by atoms with van der Waals surface area (Å²) in [5.41, 5.74) is 5.26. The highest BCUT2D eigenvalue weighted by Crippen LogP contribution is 2.39. The van der Waals surface area contributed by atoms with Gasteiger partial charge in [-0.25, -0.2) is 4.39 Å². The summed E-state index contributed by atoms with van der Waals surface area (Å²) in [6.45, 7) is 1.52. The monoisotopic (exact) mass is 415 g/mol. The summed E-state index contributed by atoms with van der Waals surface area (Å²) in [6.07, 6.45) is -2.57. The van der Waals surface area contributed by atoms with Gasteiger partial charge in [0.25, 0.3) is 0 Å². The van der Waals surface area contributed by atoms with Crippen LogP contribution in [0.3, 0.4) is 0 Å². The number of rotatable bonds is 5. The zero-order valence-corrected chi connectivity index (χ0v) is 15.4. The van der Waals surface area contributed by atoms with Crippen molar-refractivity contribution in [3.05, 3.63) is 58.3 Å². The molecule has 1 aliphatic rings. The number of alkyl halides is 3. The first-order valence-corrected chi connectivity index (χ1v) is 8.72. The molecule has 10 heteroatoms. The first kappa shape index (κ1) is 20.3. The van der Waals surface area contributed by atoms with Crippen molar-refractivity contribution in [3.8, 4) is 0 Å². The van der Waals surface area contributed by atoms with E-state index in [2.05, 4.69) is 15.6 Å². The minimum absolute atomic E-state index is 0.00625. The van der Waals surface area contributed by atoms with Gasteiger partial charge < -0.3 is 16.4 Å². The van der Waals surface area contributed by atoms with Crippen LogP contribution in [0.15, 0.2) is 30.5 Å². The third-order valence-corrected chi connectivity index (χ3v) is 4.61. The maximum Gasteiger partial charge on any atom is 0.418 e. The second-order valence-electron chi connectivity index (χ2n) is 6.68. The first-order chi connectivity index (χ1) is 13.0. The number of hydrogen-bond donors (Lipinski definition) is 2. The van der Waals surface area contributed by atoms with Crippen LogP contribution in [0.4, 0.5) is 28.9 Å². The molecular formula is C18H16ClF4N4O-. The number of pyridine rings is 1. The van der Waals surface area contributed by atoms with E-state index in [9.17, 15) is 22.4 Å². The maximum atomic E-state index is 14.4. The Kier molecular flexibility index (Phi) is 5.24. The highest BCUT2D eigenvalue weighted by Gasteiger charge is 2.38. The summed E-state index contributed by atoms with van der Waals surface area (Å²) in [6, 6.07) is 3.40. The van der Waals surface area contributed by atoms with Gasteiger partial charge in [0, 0.05) is 11.1 Å². The number of benzene rings is 1. The molecular weight excluding hydrogens is 400 g/mol. The number of nitrogens with zero attached hydrogens (tertiary/aromatic N) is 1. The number of nitrogens with one attached hydrogen (secondary N) is 3. The van der Waals surface area contributed by atoms with Crippen molar-refractivity contribution in [2.24, 2.45) is 0 Å². The molecule has 3 rings (SSSR count). The smallest absolute Gasteiger partial charge is 0.418 e. The van der Waals surface area contributed by atoms with Crippen LogP contribution in [0.1, 0.15) is 37.1 Å². The molecule has 1 aliphatic carbocycles. The van der Waals surface area contributed by atoms with Crippen molar-refractivity contribution >= 4 is 28.9 Å². The van der Waals surface area contributed by atoms with E-state index in [1.165, 1.54) is 19.2 Å². The topological polar surface area (TPSA) is 77.8 Å². The fourth-order valence-corrected chi connectivity index (χ4v) is 2.78. The molecule has 1 saturated carbocycles. The van der Waals surface area contributed by atoms with Crippen LogP contribution < -0.4 is 10.6 Å². The van der Waals surface area contributed by atoms with Gasteiger partial charge in [-0.3, -0.25) is 9.78 Å². The Morgan fingerprint density at radius 1 is 1.32 bits per heavy atom. The Labute approximate surface area is 163 Å². The second kappa shape index (κ2) is 7.21. The Bertz CT molecular complexity index is 915. The number of carbonyl (C=O) groups is 1. The van der Waals surface area contributed by atoms with Crippen molar-refractivity contribution in [2.75, 3.05) is 5.32 Å². The Morgan fingerprint density at radius 3 is 2.57 bits per heavy atom. The summed E-state index contributed by atoms with van der Waals surface area (Å²) in [7, 11) is 0. The summed E-state index contributed by atoms with van der Waals surface area (Å²) in [5.74, 6) is -1.30. The van der Waals surface area contributed by atoms with Gasteiger partial charge in [0.05, 0.1) is 34.9 Å². The average Bonchev–Trinajstić information content (AvgIpc) is 3.34. The third-order valence-electron chi connectivity index (χ3n) is 4.38. The van der Waals surface area contributed by atoms with Crippen LogP contribution in [0, 0.1) is 5.82 Å². The SMILES string of the molecule is CC(NC(=O)C1([NH-])CC1)c1ncc(Nc2ccc(Cl)cc2C(F)(F)F)cc1F. The normalized spacial score (nSPS) is 16.4. The first-order valence-electron chi connectivity index (χ1n) is 8.35. The van der Waals surface area contributed by atoms with Gasteiger partial charge >= 0.3 is 6.18 Å². The largest absolute Gasteiger partial charge is 0.664 e. The number of carbonyl (C=O) groups excluding carboxylic acids is 1. The summed E-state index contributed by atoms with van der Waals surface area (Å²) < 4.78 is 53.9. The van der Waals surface area contributed by atoms with Crippen LogP contribution in [-0.4, -0.2) is 16.4 Å². The molecule has 0 saturated heterocycles. The van der Waals surface area contributed by atoms with E-state index < -0.39 is 35.0 Å². The van der Waals surface area contributed by atoms with Crippen molar-refractivity contribution in [2.45, 2.75) is 37.5 Å². The minimum atomic E-state index is -4.65. The lowest BCUT2D eigenvalue weighted by molar-refractivity contribution is -0.137. The van der Waals surface area contributed by atoms with Crippen LogP contribution in [0.2, 0.25) is 5.02 Å². The highest BCUT2D eigenvalue weighted by atomic mass is 35.5. The minimum Gasteiger partial charge on any atom is -0.664 e. The van der Waals surface area contributed by atoms with Gasteiger partial charge in [-0.15, -0.1) is 0 Å². The molecule has 28 heavy (non-hydrogen) atoms. The molecule has 1 fully saturated rings. The van der Waals surface area contributed by atoms with Crippen molar-refractivity contribution in [1.82, 2.24) is 10.3 Å². The van der Waals surface area contributed by atoms with Crippen molar-refractivity contribution in [1.29, 1.82) is 0 Å². The van der Waals surface area contributed by atoms with Gasteiger partial charge in [-0.2, -0.15) is 13.2 Å². The average molecular weight is 416 g/mol. The summed E-state index contributed by atoms with van der Waals surface area (Å²) >= 11 is 5.64. The molecule has 1 heterocycles. The van der Waals surface area contributed by atoms with E-state index in [-0.39, 0.29) is 22.1 Å². The Hall–Kier alpha value is -2.39. The fourth-order valence-electron chi connectivity index (χ4n) is 2.61. The Morgan fingerprint density at radius 2 is 2.00 bits per heavy atom. The summed E-state index contributed by atoms with van der Waals surface area (Å²) in [5, 5.41) is 4.94. The molecule has 0 bridgehead atoms. The standard InChI is InChI=1S/C18H16ClF4N4O/c1-9(26-16(28)17(24)4-5-17)15-13(20)7-11(8-25-15)27-14-3-2-10(19)6-12(14)18(21,22)23/h2-3,6-9,24,27H,4-5H2,1H3,(H,26,28)/q-1.